The van der Waals surface area contributed by atoms with Gasteiger partial charge in [0.05, 0.1) is 12.2 Å². The molecule has 0 radical (unpaired) electrons. The zero-order valence-corrected chi connectivity index (χ0v) is 13.7. The van der Waals surface area contributed by atoms with E-state index in [1.54, 1.807) is 11.3 Å². The van der Waals surface area contributed by atoms with Gasteiger partial charge in [-0.2, -0.15) is 0 Å². The van der Waals surface area contributed by atoms with Crippen molar-refractivity contribution in [3.8, 4) is 0 Å². The summed E-state index contributed by atoms with van der Waals surface area (Å²) in [6.45, 7) is 6.11. The maximum atomic E-state index is 5.92. The molecule has 0 bridgehead atoms. The van der Waals surface area contributed by atoms with Gasteiger partial charge in [0.2, 0.25) is 0 Å². The first kappa shape index (κ1) is 14.6. The van der Waals surface area contributed by atoms with Crippen molar-refractivity contribution in [2.45, 2.75) is 26.4 Å². The monoisotopic (exact) mass is 338 g/mol. The third-order valence-corrected chi connectivity index (χ3v) is 4.64. The van der Waals surface area contributed by atoms with Gasteiger partial charge in [-0.25, -0.2) is 0 Å². The molecule has 0 saturated carbocycles. The summed E-state index contributed by atoms with van der Waals surface area (Å²) in [6.07, 6.45) is 0. The molecule has 102 valence electrons. The molecule has 4 heteroatoms. The zero-order chi connectivity index (χ0) is 13.8. The fourth-order valence-electron chi connectivity index (χ4n) is 2.02. The van der Waals surface area contributed by atoms with Gasteiger partial charge < -0.3 is 10.6 Å². The Morgan fingerprint density at radius 3 is 2.68 bits per heavy atom. The Labute approximate surface area is 127 Å². The summed E-state index contributed by atoms with van der Waals surface area (Å²) in [5.74, 6) is 0. The van der Waals surface area contributed by atoms with E-state index in [-0.39, 0.29) is 6.04 Å². The minimum Gasteiger partial charge on any atom is -0.366 e. The van der Waals surface area contributed by atoms with E-state index in [1.807, 2.05) is 6.92 Å². The zero-order valence-electron chi connectivity index (χ0n) is 11.3. The first-order valence-electron chi connectivity index (χ1n) is 6.44. The van der Waals surface area contributed by atoms with Crippen LogP contribution in [0.1, 0.15) is 30.3 Å². The molecule has 2 N–H and O–H groups in total. The third-order valence-electron chi connectivity index (χ3n) is 3.15. The van der Waals surface area contributed by atoms with Crippen LogP contribution in [0.5, 0.6) is 0 Å². The number of halogens is 1. The predicted octanol–water partition coefficient (Wildman–Crippen LogP) is 4.56. The summed E-state index contributed by atoms with van der Waals surface area (Å²) in [5.41, 5.74) is 8.30. The van der Waals surface area contributed by atoms with Crippen molar-refractivity contribution in [3.05, 3.63) is 50.6 Å². The summed E-state index contributed by atoms with van der Waals surface area (Å²) < 4.78 is 1.11. The van der Waals surface area contributed by atoms with Crippen LogP contribution in [0.2, 0.25) is 0 Å². The van der Waals surface area contributed by atoms with Crippen molar-refractivity contribution in [1.29, 1.82) is 0 Å². The van der Waals surface area contributed by atoms with E-state index >= 15 is 0 Å². The second-order valence-corrected chi connectivity index (χ2v) is 6.48. The molecule has 0 aliphatic rings. The van der Waals surface area contributed by atoms with E-state index in [1.165, 1.54) is 10.6 Å². The molecule has 0 spiro atoms. The lowest BCUT2D eigenvalue weighted by atomic mass is 10.1. The van der Waals surface area contributed by atoms with Crippen molar-refractivity contribution in [2.75, 3.05) is 11.4 Å². The molecular weight excluding hydrogens is 320 g/mol. The number of nitrogens with zero attached hydrogens (tertiary/aromatic N) is 1. The highest BCUT2D eigenvalue weighted by molar-refractivity contribution is 9.10. The number of anilines is 1. The lowest BCUT2D eigenvalue weighted by Crippen LogP contribution is -2.22. The molecule has 1 aromatic heterocycles. The van der Waals surface area contributed by atoms with E-state index in [2.05, 4.69) is 63.5 Å². The van der Waals surface area contributed by atoms with Gasteiger partial charge in [0, 0.05) is 21.9 Å². The van der Waals surface area contributed by atoms with Crippen molar-refractivity contribution in [2.24, 2.45) is 5.73 Å². The van der Waals surface area contributed by atoms with E-state index in [0.717, 1.165) is 23.1 Å². The maximum Gasteiger partial charge on any atom is 0.0523 e. The highest BCUT2D eigenvalue weighted by Gasteiger charge is 2.11. The average Bonchev–Trinajstić information content (AvgIpc) is 2.89. The summed E-state index contributed by atoms with van der Waals surface area (Å²) in [4.78, 5) is 3.74. The molecule has 0 aliphatic heterocycles. The number of nitrogens with two attached hydrogens (primary N) is 1. The SMILES string of the molecule is CCN(Cc1cccs1)c1ccc([C@@H](C)N)cc1Br. The molecule has 0 unspecified atom stereocenters. The lowest BCUT2D eigenvalue weighted by Gasteiger charge is -2.24. The highest BCUT2D eigenvalue weighted by Crippen LogP contribution is 2.30. The Hall–Kier alpha value is -0.840. The molecule has 2 rings (SSSR count). The van der Waals surface area contributed by atoms with Crippen LogP contribution in [0.25, 0.3) is 0 Å². The van der Waals surface area contributed by atoms with Gasteiger partial charge in [0.15, 0.2) is 0 Å². The van der Waals surface area contributed by atoms with E-state index in [4.69, 9.17) is 5.73 Å². The molecule has 0 saturated heterocycles. The van der Waals surface area contributed by atoms with Crippen LogP contribution in [-0.4, -0.2) is 6.54 Å². The topological polar surface area (TPSA) is 29.3 Å². The molecule has 2 nitrogen and oxygen atoms in total. The predicted molar refractivity (Wildman–Crippen MR) is 87.8 cm³/mol. The molecule has 1 atom stereocenters. The fraction of sp³-hybridized carbons (Fsp3) is 0.333. The van der Waals surface area contributed by atoms with Crippen LogP contribution in [0, 0.1) is 0 Å². The Morgan fingerprint density at radius 1 is 1.37 bits per heavy atom. The first-order chi connectivity index (χ1) is 9.11. The minimum absolute atomic E-state index is 0.0673. The molecule has 0 aliphatic carbocycles. The molecule has 1 aromatic carbocycles. The standard InChI is InChI=1S/C15H19BrN2S/c1-3-18(10-13-5-4-8-19-13)15-7-6-12(11(2)17)9-14(15)16/h4-9,11H,3,10,17H2,1-2H3/t11-/m1/s1. The average molecular weight is 339 g/mol. The van der Waals surface area contributed by atoms with Crippen LogP contribution < -0.4 is 10.6 Å². The molecule has 0 amide bonds. The second kappa shape index (κ2) is 6.55. The molecule has 19 heavy (non-hydrogen) atoms. The summed E-state index contributed by atoms with van der Waals surface area (Å²) in [5, 5.41) is 2.12. The molecule has 1 heterocycles. The summed E-state index contributed by atoms with van der Waals surface area (Å²) in [7, 11) is 0. The van der Waals surface area contributed by atoms with Crippen molar-refractivity contribution in [1.82, 2.24) is 0 Å². The van der Waals surface area contributed by atoms with Crippen molar-refractivity contribution < 1.29 is 0 Å². The Bertz CT molecular complexity index is 523. The summed E-state index contributed by atoms with van der Waals surface area (Å²) in [6, 6.07) is 10.7. The largest absolute Gasteiger partial charge is 0.366 e. The van der Waals surface area contributed by atoms with Gasteiger partial charge >= 0.3 is 0 Å². The van der Waals surface area contributed by atoms with E-state index < -0.39 is 0 Å². The fourth-order valence-corrected chi connectivity index (χ4v) is 3.39. The normalized spacial score (nSPS) is 12.4. The van der Waals surface area contributed by atoms with E-state index in [9.17, 15) is 0 Å². The van der Waals surface area contributed by atoms with Crippen molar-refractivity contribution >= 4 is 33.0 Å². The van der Waals surface area contributed by atoms with Crippen LogP contribution in [0.4, 0.5) is 5.69 Å². The number of hydrogen-bond acceptors (Lipinski definition) is 3. The van der Waals surface area contributed by atoms with Gasteiger partial charge in [0.1, 0.15) is 0 Å². The van der Waals surface area contributed by atoms with Crippen LogP contribution in [0.3, 0.4) is 0 Å². The molecule has 2 aromatic rings. The lowest BCUT2D eigenvalue weighted by molar-refractivity contribution is 0.810. The number of thiophene rings is 1. The van der Waals surface area contributed by atoms with E-state index in [0.29, 0.717) is 0 Å². The Balaban J connectivity index is 2.23. The second-order valence-electron chi connectivity index (χ2n) is 4.59. The highest BCUT2D eigenvalue weighted by atomic mass is 79.9. The van der Waals surface area contributed by atoms with Crippen LogP contribution >= 0.6 is 27.3 Å². The van der Waals surface area contributed by atoms with Gasteiger partial charge in [-0.05, 0) is 58.9 Å². The van der Waals surface area contributed by atoms with Gasteiger partial charge in [-0.3, -0.25) is 0 Å². The third kappa shape index (κ3) is 3.59. The minimum atomic E-state index is 0.0673. The smallest absolute Gasteiger partial charge is 0.0523 e. The number of hydrogen-bond donors (Lipinski definition) is 1. The summed E-state index contributed by atoms with van der Waals surface area (Å²) >= 11 is 5.47. The quantitative estimate of drug-likeness (QED) is 0.865. The molecular formula is C15H19BrN2S. The number of rotatable bonds is 5. The number of benzene rings is 1. The van der Waals surface area contributed by atoms with Gasteiger partial charge in [-0.1, -0.05) is 12.1 Å². The van der Waals surface area contributed by atoms with Crippen LogP contribution in [-0.2, 0) is 6.54 Å². The van der Waals surface area contributed by atoms with Gasteiger partial charge in [-0.15, -0.1) is 11.3 Å². The van der Waals surface area contributed by atoms with Crippen LogP contribution in [0.15, 0.2) is 40.2 Å². The Kier molecular flexibility index (Phi) is 5.02. The Morgan fingerprint density at radius 2 is 2.16 bits per heavy atom. The maximum absolute atomic E-state index is 5.92. The first-order valence-corrected chi connectivity index (χ1v) is 8.11. The van der Waals surface area contributed by atoms with Gasteiger partial charge in [0.25, 0.3) is 0 Å². The van der Waals surface area contributed by atoms with Crippen molar-refractivity contribution in [3.63, 3.8) is 0 Å². The molecule has 0 fully saturated rings.